The van der Waals surface area contributed by atoms with E-state index in [2.05, 4.69) is 41.4 Å². The molecule has 4 atom stereocenters. The van der Waals surface area contributed by atoms with Gasteiger partial charge in [0.2, 0.25) is 0 Å². The van der Waals surface area contributed by atoms with Crippen LogP contribution in [0.3, 0.4) is 0 Å². The van der Waals surface area contributed by atoms with Gasteiger partial charge in [0.05, 0.1) is 23.5 Å². The molecule has 9 heteroatoms. The van der Waals surface area contributed by atoms with Gasteiger partial charge in [0.15, 0.2) is 12.3 Å². The third-order valence-electron chi connectivity index (χ3n) is 8.25. The number of nitrogens with zero attached hydrogens (tertiary/aromatic N) is 2. The lowest BCUT2D eigenvalue weighted by Crippen LogP contribution is -2.39. The molecular weight excluding hydrogens is 600 g/mol. The lowest BCUT2D eigenvalue weighted by atomic mass is 9.80. The Hall–Kier alpha value is -4.70. The summed E-state index contributed by atoms with van der Waals surface area (Å²) in [5.74, 6) is 0.144. The molecule has 5 aromatic rings. The van der Waals surface area contributed by atoms with Gasteiger partial charge in [0.1, 0.15) is 12.2 Å². The van der Waals surface area contributed by atoms with Crippen molar-refractivity contribution >= 4 is 17.7 Å². The van der Waals surface area contributed by atoms with Crippen LogP contribution >= 0.6 is 11.8 Å². The van der Waals surface area contributed by atoms with Gasteiger partial charge in [-0.2, -0.15) is 4.98 Å². The first-order valence-corrected chi connectivity index (χ1v) is 16.2. The van der Waals surface area contributed by atoms with Gasteiger partial charge in [-0.25, -0.2) is 4.79 Å². The molecule has 2 aliphatic rings. The number of benzene rings is 4. The van der Waals surface area contributed by atoms with Crippen molar-refractivity contribution < 1.29 is 23.7 Å². The Morgan fingerprint density at radius 2 is 1.37 bits per heavy atom. The van der Waals surface area contributed by atoms with E-state index in [-0.39, 0.29) is 36.0 Å². The van der Waals surface area contributed by atoms with Crippen molar-refractivity contribution in [1.82, 2.24) is 9.55 Å². The van der Waals surface area contributed by atoms with Gasteiger partial charge in [0, 0.05) is 18.0 Å². The third kappa shape index (κ3) is 5.85. The minimum absolute atomic E-state index is 0.211. The van der Waals surface area contributed by atoms with Gasteiger partial charge in [-0.05, 0) is 28.8 Å². The highest BCUT2D eigenvalue weighted by atomic mass is 32.2. The SMILES string of the molecule is O=C(OCCS[C@H]1[C@@H]2Oc3nc(=O)ccn3[C@@H]2O[C@@H]1COC(c1ccccc1)(c1ccccc1)c1ccccc1)c1ccccc1. The van der Waals surface area contributed by atoms with E-state index in [1.165, 1.54) is 6.07 Å². The number of carbonyl (C=O) groups excluding carboxylic acids is 1. The monoisotopic (exact) mass is 632 g/mol. The second-order valence-electron chi connectivity index (χ2n) is 11.0. The fourth-order valence-electron chi connectivity index (χ4n) is 6.14. The number of thioether (sulfide) groups is 1. The van der Waals surface area contributed by atoms with Crippen molar-refractivity contribution in [1.29, 1.82) is 0 Å². The smallest absolute Gasteiger partial charge is 0.338 e. The molecule has 0 unspecified atom stereocenters. The van der Waals surface area contributed by atoms with Gasteiger partial charge in [-0.1, -0.05) is 109 Å². The van der Waals surface area contributed by atoms with Crippen LogP contribution in [0.5, 0.6) is 6.01 Å². The highest BCUT2D eigenvalue weighted by Crippen LogP contribution is 2.46. The number of aromatic nitrogens is 2. The van der Waals surface area contributed by atoms with Crippen LogP contribution in [0.4, 0.5) is 0 Å². The molecule has 1 aromatic heterocycles. The van der Waals surface area contributed by atoms with Crippen LogP contribution in [-0.2, 0) is 19.8 Å². The molecule has 7 rings (SSSR count). The van der Waals surface area contributed by atoms with Crippen molar-refractivity contribution in [3.63, 3.8) is 0 Å². The number of rotatable bonds is 11. The number of hydrogen-bond donors (Lipinski definition) is 0. The summed E-state index contributed by atoms with van der Waals surface area (Å²) in [6.45, 7) is 0.449. The molecule has 4 aromatic carbocycles. The van der Waals surface area contributed by atoms with Crippen LogP contribution in [0.25, 0.3) is 0 Å². The quantitative estimate of drug-likeness (QED) is 0.102. The second-order valence-corrected chi connectivity index (χ2v) is 12.3. The summed E-state index contributed by atoms with van der Waals surface area (Å²) in [7, 11) is 0. The van der Waals surface area contributed by atoms with Gasteiger partial charge < -0.3 is 18.9 Å². The fourth-order valence-corrected chi connectivity index (χ4v) is 7.33. The summed E-state index contributed by atoms with van der Waals surface area (Å²) in [6, 6.07) is 41.2. The van der Waals surface area contributed by atoms with Crippen molar-refractivity contribution in [3.05, 3.63) is 166 Å². The van der Waals surface area contributed by atoms with Crippen LogP contribution < -0.4 is 10.3 Å². The molecule has 1 saturated heterocycles. The zero-order chi connectivity index (χ0) is 31.3. The van der Waals surface area contributed by atoms with Gasteiger partial charge in [-0.15, -0.1) is 11.8 Å². The number of fused-ring (bicyclic) bond motifs is 3. The van der Waals surface area contributed by atoms with Crippen LogP contribution in [0.15, 0.2) is 138 Å². The summed E-state index contributed by atoms with van der Waals surface area (Å²) in [4.78, 5) is 28.6. The maximum atomic E-state index is 12.5. The van der Waals surface area contributed by atoms with E-state index in [4.69, 9.17) is 18.9 Å². The van der Waals surface area contributed by atoms with Crippen LogP contribution in [0, 0.1) is 0 Å². The lowest BCUT2D eigenvalue weighted by Gasteiger charge is -2.37. The first kappa shape index (κ1) is 30.0. The summed E-state index contributed by atoms with van der Waals surface area (Å²) in [5.41, 5.74) is 2.19. The van der Waals surface area contributed by atoms with Crippen molar-refractivity contribution in [3.8, 4) is 6.01 Å². The first-order valence-electron chi connectivity index (χ1n) is 15.2. The minimum Gasteiger partial charge on any atom is -0.461 e. The van der Waals surface area contributed by atoms with Gasteiger partial charge >= 0.3 is 12.0 Å². The minimum atomic E-state index is -0.920. The average molecular weight is 633 g/mol. The fraction of sp³-hybridized carbons (Fsp3) is 0.216. The van der Waals surface area contributed by atoms with Crippen LogP contribution in [0.2, 0.25) is 0 Å². The third-order valence-corrected chi connectivity index (χ3v) is 9.61. The van der Waals surface area contributed by atoms with Gasteiger partial charge in [-0.3, -0.25) is 9.36 Å². The van der Waals surface area contributed by atoms with Crippen LogP contribution in [0.1, 0.15) is 33.3 Å². The predicted octanol–water partition coefficient (Wildman–Crippen LogP) is 5.87. The van der Waals surface area contributed by atoms with E-state index in [0.29, 0.717) is 11.3 Å². The molecule has 3 heterocycles. The largest absolute Gasteiger partial charge is 0.461 e. The van der Waals surface area contributed by atoms with Crippen molar-refractivity contribution in [2.75, 3.05) is 19.0 Å². The maximum absolute atomic E-state index is 12.5. The summed E-state index contributed by atoms with van der Waals surface area (Å²) >= 11 is 1.59. The maximum Gasteiger partial charge on any atom is 0.338 e. The highest BCUT2D eigenvalue weighted by Gasteiger charge is 2.53. The van der Waals surface area contributed by atoms with E-state index in [1.807, 2.05) is 60.7 Å². The molecule has 0 aliphatic carbocycles. The summed E-state index contributed by atoms with van der Waals surface area (Å²) in [5, 5.41) is -0.211. The molecule has 232 valence electrons. The first-order chi connectivity index (χ1) is 22.6. The molecule has 1 fully saturated rings. The van der Waals surface area contributed by atoms with Crippen molar-refractivity contribution in [2.45, 2.75) is 29.3 Å². The van der Waals surface area contributed by atoms with Crippen molar-refractivity contribution in [2.24, 2.45) is 0 Å². The number of ether oxygens (including phenoxy) is 4. The van der Waals surface area contributed by atoms with E-state index >= 15 is 0 Å². The molecule has 46 heavy (non-hydrogen) atoms. The summed E-state index contributed by atoms with van der Waals surface area (Å²) in [6.07, 6.45) is 0.357. The van der Waals surface area contributed by atoms with Gasteiger partial charge in [0.25, 0.3) is 5.56 Å². The molecule has 0 N–H and O–H groups in total. The predicted molar refractivity (Wildman–Crippen MR) is 175 cm³/mol. The Morgan fingerprint density at radius 1 is 0.804 bits per heavy atom. The average Bonchev–Trinajstić information content (AvgIpc) is 3.63. The molecule has 8 nitrogen and oxygen atoms in total. The van der Waals surface area contributed by atoms with E-state index in [1.54, 1.807) is 46.8 Å². The standard InChI is InChI=1S/C37H32N2O6S/c40-31-21-22-39-34-32(45-36(39)38-31)33(46-24-23-42-35(41)26-13-5-1-6-14-26)30(44-34)25-43-37(27-15-7-2-8-16-27,28-17-9-3-10-18-28)29-19-11-4-12-20-29/h1-22,30,32-34H,23-25H2/t30-,32+,33-,34-/m1/s1. The second kappa shape index (κ2) is 13.3. The molecule has 0 radical (unpaired) electrons. The molecule has 0 bridgehead atoms. The summed E-state index contributed by atoms with van der Waals surface area (Å²) < 4.78 is 27.3. The Kier molecular flexibility index (Phi) is 8.70. The molecule has 0 saturated carbocycles. The van der Waals surface area contributed by atoms with Crippen LogP contribution in [-0.4, -0.2) is 51.9 Å². The number of hydrogen-bond acceptors (Lipinski definition) is 8. The number of esters is 1. The topological polar surface area (TPSA) is 88.9 Å². The Balaban J connectivity index is 1.17. The Morgan fingerprint density at radius 3 is 1.96 bits per heavy atom. The highest BCUT2D eigenvalue weighted by molar-refractivity contribution is 8.00. The molecule has 0 amide bonds. The normalized spacial score (nSPS) is 20.0. The van der Waals surface area contributed by atoms with E-state index < -0.39 is 24.0 Å². The molecule has 2 aliphatic heterocycles. The van der Waals surface area contributed by atoms with E-state index in [9.17, 15) is 9.59 Å². The van der Waals surface area contributed by atoms with E-state index in [0.717, 1.165) is 16.7 Å². The zero-order valence-corrected chi connectivity index (χ0v) is 25.7. The molecular formula is C37H32N2O6S. The number of carbonyl (C=O) groups is 1. The lowest BCUT2D eigenvalue weighted by molar-refractivity contribution is -0.0759. The zero-order valence-electron chi connectivity index (χ0n) is 24.9. The Bertz CT molecular complexity index is 1720. The molecule has 0 spiro atoms. The Labute approximate surface area is 270 Å².